The molecule has 0 unspecified atom stereocenters. The number of hydrogen-bond donors (Lipinski definition) is 1. The molecule has 0 saturated carbocycles. The first kappa shape index (κ1) is 19.5. The Balaban J connectivity index is 2.28. The number of sulfonamides is 1. The van der Waals surface area contributed by atoms with Crippen LogP contribution < -0.4 is 14.8 Å². The van der Waals surface area contributed by atoms with Gasteiger partial charge in [0, 0.05) is 25.2 Å². The summed E-state index contributed by atoms with van der Waals surface area (Å²) in [5, 5.41) is 2.86. The zero-order valence-electron chi connectivity index (χ0n) is 15.1. The molecule has 1 atom stereocenters. The lowest BCUT2D eigenvalue weighted by atomic mass is 9.98. The summed E-state index contributed by atoms with van der Waals surface area (Å²) in [6.45, 7) is 4.32. The molecule has 25 heavy (non-hydrogen) atoms. The van der Waals surface area contributed by atoms with Crippen molar-refractivity contribution in [3.63, 3.8) is 0 Å². The Morgan fingerprint density at radius 3 is 2.60 bits per heavy atom. The van der Waals surface area contributed by atoms with Crippen LogP contribution in [0.4, 0.5) is 0 Å². The van der Waals surface area contributed by atoms with E-state index in [4.69, 9.17) is 9.47 Å². The van der Waals surface area contributed by atoms with E-state index in [0.717, 1.165) is 0 Å². The molecule has 1 N–H and O–H groups in total. The average molecular weight is 370 g/mol. The highest BCUT2D eigenvalue weighted by molar-refractivity contribution is 7.89. The molecule has 1 saturated heterocycles. The van der Waals surface area contributed by atoms with E-state index in [1.165, 1.54) is 24.6 Å². The molecule has 8 heteroatoms. The van der Waals surface area contributed by atoms with Crippen LogP contribution in [0.25, 0.3) is 0 Å². The Hall–Kier alpha value is -1.80. The second-order valence-electron chi connectivity index (χ2n) is 6.38. The lowest BCUT2D eigenvalue weighted by Gasteiger charge is -2.32. The van der Waals surface area contributed by atoms with Crippen molar-refractivity contribution in [2.45, 2.75) is 37.6 Å². The third-order valence-electron chi connectivity index (χ3n) is 4.17. The van der Waals surface area contributed by atoms with Gasteiger partial charge >= 0.3 is 0 Å². The number of nitrogens with one attached hydrogen (secondary N) is 1. The number of benzene rings is 1. The first-order valence-electron chi connectivity index (χ1n) is 8.32. The van der Waals surface area contributed by atoms with Crippen LogP contribution in [0, 0.1) is 5.92 Å². The van der Waals surface area contributed by atoms with Gasteiger partial charge in [-0.25, -0.2) is 8.42 Å². The number of carbonyl (C=O) groups excluding carboxylic acids is 1. The maximum atomic E-state index is 13.1. The Kier molecular flexibility index (Phi) is 6.29. The number of carbonyl (C=O) groups is 1. The molecule has 0 radical (unpaired) electrons. The van der Waals surface area contributed by atoms with Gasteiger partial charge in [0.1, 0.15) is 16.4 Å². The van der Waals surface area contributed by atoms with Crippen molar-refractivity contribution in [1.82, 2.24) is 9.62 Å². The summed E-state index contributed by atoms with van der Waals surface area (Å²) >= 11 is 0. The number of ether oxygens (including phenoxy) is 2. The number of nitrogens with zero attached hydrogens (tertiary/aromatic N) is 1. The third kappa shape index (κ3) is 4.43. The fraction of sp³-hybridized carbons (Fsp3) is 0.588. The van der Waals surface area contributed by atoms with E-state index in [1.807, 2.05) is 13.8 Å². The zero-order chi connectivity index (χ0) is 18.6. The minimum absolute atomic E-state index is 0.0259. The highest BCUT2D eigenvalue weighted by atomic mass is 32.2. The second kappa shape index (κ2) is 8.05. The summed E-state index contributed by atoms with van der Waals surface area (Å²) in [6, 6.07) is 4.69. The van der Waals surface area contributed by atoms with E-state index < -0.39 is 10.0 Å². The molecule has 1 aliphatic heterocycles. The smallest absolute Gasteiger partial charge is 0.246 e. The lowest BCUT2D eigenvalue weighted by Crippen LogP contribution is -2.46. The molecular weight excluding hydrogens is 344 g/mol. The van der Waals surface area contributed by atoms with Gasteiger partial charge in [0.15, 0.2) is 0 Å². The van der Waals surface area contributed by atoms with Crippen LogP contribution in [0.1, 0.15) is 26.7 Å². The molecule has 1 heterocycles. The summed E-state index contributed by atoms with van der Waals surface area (Å²) in [7, 11) is -0.880. The fourth-order valence-electron chi connectivity index (χ4n) is 2.90. The van der Waals surface area contributed by atoms with Crippen molar-refractivity contribution < 1.29 is 22.7 Å². The highest BCUT2D eigenvalue weighted by Crippen LogP contribution is 2.32. The predicted octanol–water partition coefficient (Wildman–Crippen LogP) is 1.63. The predicted molar refractivity (Wildman–Crippen MR) is 94.3 cm³/mol. The molecule has 0 bridgehead atoms. The van der Waals surface area contributed by atoms with E-state index in [9.17, 15) is 13.2 Å². The van der Waals surface area contributed by atoms with Gasteiger partial charge < -0.3 is 14.8 Å². The second-order valence-corrected chi connectivity index (χ2v) is 8.29. The SMILES string of the molecule is COc1ccc(OC)c(S(=O)(=O)N2CCC[C@@H](C(=O)NC(C)C)C2)c1. The maximum absolute atomic E-state index is 13.1. The molecule has 1 aliphatic rings. The van der Waals surface area contributed by atoms with Crippen LogP contribution in [0.5, 0.6) is 11.5 Å². The van der Waals surface area contributed by atoms with Gasteiger partial charge in [-0.1, -0.05) is 0 Å². The molecule has 2 rings (SSSR count). The summed E-state index contributed by atoms with van der Waals surface area (Å²) in [5.41, 5.74) is 0. The van der Waals surface area contributed by atoms with Gasteiger partial charge in [-0.3, -0.25) is 4.79 Å². The van der Waals surface area contributed by atoms with Crippen molar-refractivity contribution >= 4 is 15.9 Å². The number of rotatable bonds is 6. The van der Waals surface area contributed by atoms with Gasteiger partial charge in [0.05, 0.1) is 20.1 Å². The van der Waals surface area contributed by atoms with Crippen molar-refractivity contribution in [3.05, 3.63) is 18.2 Å². The van der Waals surface area contributed by atoms with Crippen LogP contribution in [0.2, 0.25) is 0 Å². The molecule has 1 aromatic rings. The van der Waals surface area contributed by atoms with Gasteiger partial charge in [0.25, 0.3) is 0 Å². The topological polar surface area (TPSA) is 84.9 Å². The molecular formula is C17H26N2O5S. The fourth-order valence-corrected chi connectivity index (χ4v) is 4.60. The van der Waals surface area contributed by atoms with Crippen molar-refractivity contribution in [2.75, 3.05) is 27.3 Å². The summed E-state index contributed by atoms with van der Waals surface area (Å²) in [4.78, 5) is 12.3. The van der Waals surface area contributed by atoms with Crippen LogP contribution in [-0.2, 0) is 14.8 Å². The van der Waals surface area contributed by atoms with Crippen molar-refractivity contribution in [1.29, 1.82) is 0 Å². The molecule has 0 aliphatic carbocycles. The molecule has 7 nitrogen and oxygen atoms in total. The Morgan fingerprint density at radius 1 is 1.28 bits per heavy atom. The van der Waals surface area contributed by atoms with E-state index in [1.54, 1.807) is 12.1 Å². The van der Waals surface area contributed by atoms with E-state index in [2.05, 4.69) is 5.32 Å². The monoisotopic (exact) mass is 370 g/mol. The van der Waals surface area contributed by atoms with Gasteiger partial charge in [-0.15, -0.1) is 0 Å². The Bertz CT molecular complexity index is 718. The quantitative estimate of drug-likeness (QED) is 0.823. The minimum Gasteiger partial charge on any atom is -0.497 e. The number of hydrogen-bond acceptors (Lipinski definition) is 5. The van der Waals surface area contributed by atoms with Crippen LogP contribution in [-0.4, -0.2) is 52.0 Å². The average Bonchev–Trinajstić information content (AvgIpc) is 2.60. The zero-order valence-corrected chi connectivity index (χ0v) is 15.9. The largest absolute Gasteiger partial charge is 0.497 e. The summed E-state index contributed by atoms with van der Waals surface area (Å²) in [6.07, 6.45) is 1.32. The highest BCUT2D eigenvalue weighted by Gasteiger charge is 2.35. The standard InChI is InChI=1S/C17H26N2O5S/c1-12(2)18-17(20)13-6-5-9-19(11-13)25(21,22)16-10-14(23-3)7-8-15(16)24-4/h7-8,10,12-13H,5-6,9,11H2,1-4H3,(H,18,20)/t13-/m1/s1. The number of amides is 1. The Morgan fingerprint density at radius 2 is 2.00 bits per heavy atom. The molecule has 1 aromatic carbocycles. The van der Waals surface area contributed by atoms with E-state index in [-0.39, 0.29) is 35.1 Å². The van der Waals surface area contributed by atoms with Crippen molar-refractivity contribution in [2.24, 2.45) is 5.92 Å². The molecule has 1 amide bonds. The summed E-state index contributed by atoms with van der Waals surface area (Å²) in [5.74, 6) is 0.245. The van der Waals surface area contributed by atoms with E-state index in [0.29, 0.717) is 25.1 Å². The number of methoxy groups -OCH3 is 2. The molecule has 0 spiro atoms. The van der Waals surface area contributed by atoms with Crippen LogP contribution in [0.3, 0.4) is 0 Å². The lowest BCUT2D eigenvalue weighted by molar-refractivity contribution is -0.126. The van der Waals surface area contributed by atoms with E-state index >= 15 is 0 Å². The van der Waals surface area contributed by atoms with Crippen LogP contribution in [0.15, 0.2) is 23.1 Å². The molecule has 1 fully saturated rings. The van der Waals surface area contributed by atoms with Crippen LogP contribution >= 0.6 is 0 Å². The minimum atomic E-state index is -3.78. The van der Waals surface area contributed by atoms with Gasteiger partial charge in [-0.2, -0.15) is 4.31 Å². The summed E-state index contributed by atoms with van der Waals surface area (Å²) < 4.78 is 37.9. The van der Waals surface area contributed by atoms with Crippen molar-refractivity contribution in [3.8, 4) is 11.5 Å². The first-order valence-corrected chi connectivity index (χ1v) is 9.76. The maximum Gasteiger partial charge on any atom is 0.246 e. The van der Waals surface area contributed by atoms with Gasteiger partial charge in [0.2, 0.25) is 15.9 Å². The Labute approximate surface area is 149 Å². The first-order chi connectivity index (χ1) is 11.8. The molecule has 0 aromatic heterocycles. The molecule has 140 valence electrons. The third-order valence-corrected chi connectivity index (χ3v) is 6.06. The number of piperidine rings is 1. The normalized spacial score (nSPS) is 18.8. The van der Waals surface area contributed by atoms with Gasteiger partial charge in [-0.05, 0) is 38.8 Å².